The minimum absolute atomic E-state index is 0.384. The molecule has 0 aromatic heterocycles. The molecule has 1 atom stereocenters. The van der Waals surface area contributed by atoms with Gasteiger partial charge in [0.25, 0.3) is 0 Å². The first-order valence-corrected chi connectivity index (χ1v) is 6.70. The van der Waals surface area contributed by atoms with Crippen molar-refractivity contribution in [2.75, 3.05) is 19.8 Å². The number of halogens is 1. The van der Waals surface area contributed by atoms with Crippen LogP contribution in [0.4, 0.5) is 0 Å². The Hall–Kier alpha value is -0.570. The molecule has 0 bridgehead atoms. The second-order valence-electron chi connectivity index (χ2n) is 4.74. The van der Waals surface area contributed by atoms with Gasteiger partial charge in [0.05, 0.1) is 0 Å². The van der Waals surface area contributed by atoms with Crippen LogP contribution in [-0.2, 0) is 4.74 Å². The molecule has 0 aliphatic carbocycles. The largest absolute Gasteiger partial charge is 0.381 e. The van der Waals surface area contributed by atoms with Gasteiger partial charge in [-0.1, -0.05) is 23.7 Å². The molecule has 94 valence electrons. The average molecular weight is 254 g/mol. The summed E-state index contributed by atoms with van der Waals surface area (Å²) in [4.78, 5) is 0. The van der Waals surface area contributed by atoms with Gasteiger partial charge in [0, 0.05) is 24.3 Å². The van der Waals surface area contributed by atoms with Gasteiger partial charge in [-0.15, -0.1) is 0 Å². The van der Waals surface area contributed by atoms with E-state index in [-0.39, 0.29) is 0 Å². The Morgan fingerprint density at radius 3 is 2.59 bits per heavy atom. The molecule has 1 fully saturated rings. The van der Waals surface area contributed by atoms with Gasteiger partial charge in [-0.05, 0) is 49.9 Å². The fourth-order valence-electron chi connectivity index (χ4n) is 2.16. The molecule has 1 unspecified atom stereocenters. The fourth-order valence-corrected chi connectivity index (χ4v) is 2.29. The number of rotatable bonds is 4. The Morgan fingerprint density at radius 2 is 1.94 bits per heavy atom. The molecule has 1 N–H and O–H groups in total. The van der Waals surface area contributed by atoms with Crippen molar-refractivity contribution >= 4 is 11.6 Å². The molecule has 3 heteroatoms. The molecule has 1 heterocycles. The van der Waals surface area contributed by atoms with Crippen molar-refractivity contribution in [1.82, 2.24) is 5.32 Å². The van der Waals surface area contributed by atoms with Crippen LogP contribution in [0.2, 0.25) is 5.02 Å². The maximum atomic E-state index is 5.88. The van der Waals surface area contributed by atoms with Crippen LogP contribution in [0.25, 0.3) is 0 Å². The van der Waals surface area contributed by atoms with Gasteiger partial charge in [0.2, 0.25) is 0 Å². The lowest BCUT2D eigenvalue weighted by atomic mass is 9.99. The van der Waals surface area contributed by atoms with E-state index in [9.17, 15) is 0 Å². The summed E-state index contributed by atoms with van der Waals surface area (Å²) < 4.78 is 5.36. The van der Waals surface area contributed by atoms with Gasteiger partial charge in [-0.2, -0.15) is 0 Å². The number of hydrogen-bond acceptors (Lipinski definition) is 2. The third kappa shape index (κ3) is 3.98. The van der Waals surface area contributed by atoms with Crippen LogP contribution < -0.4 is 5.32 Å². The number of hydrogen-bond donors (Lipinski definition) is 1. The molecule has 2 nitrogen and oxygen atoms in total. The summed E-state index contributed by atoms with van der Waals surface area (Å²) in [6.07, 6.45) is 2.36. The van der Waals surface area contributed by atoms with Crippen molar-refractivity contribution < 1.29 is 4.74 Å². The van der Waals surface area contributed by atoms with E-state index in [0.29, 0.717) is 6.04 Å². The summed E-state index contributed by atoms with van der Waals surface area (Å²) in [5, 5.41) is 4.39. The number of nitrogens with one attached hydrogen (secondary N) is 1. The molecule has 1 aliphatic heterocycles. The Balaban J connectivity index is 1.80. The van der Waals surface area contributed by atoms with Crippen molar-refractivity contribution in [2.24, 2.45) is 5.92 Å². The lowest BCUT2D eigenvalue weighted by molar-refractivity contribution is 0.0656. The van der Waals surface area contributed by atoms with Crippen molar-refractivity contribution in [3.63, 3.8) is 0 Å². The Bertz CT molecular complexity index is 333. The van der Waals surface area contributed by atoms with E-state index in [2.05, 4.69) is 24.4 Å². The fraction of sp³-hybridized carbons (Fsp3) is 0.571. The first-order chi connectivity index (χ1) is 8.25. The van der Waals surface area contributed by atoms with Crippen LogP contribution in [0.15, 0.2) is 24.3 Å². The molecule has 0 radical (unpaired) electrons. The van der Waals surface area contributed by atoms with Crippen LogP contribution in [0.5, 0.6) is 0 Å². The lowest BCUT2D eigenvalue weighted by Gasteiger charge is -2.24. The van der Waals surface area contributed by atoms with Crippen molar-refractivity contribution in [2.45, 2.75) is 25.8 Å². The molecule has 1 aliphatic rings. The smallest absolute Gasteiger partial charge is 0.0469 e. The van der Waals surface area contributed by atoms with Gasteiger partial charge in [-0.25, -0.2) is 0 Å². The summed E-state index contributed by atoms with van der Waals surface area (Å²) in [6.45, 7) is 5.11. The second kappa shape index (κ2) is 6.39. The minimum atomic E-state index is 0.384. The van der Waals surface area contributed by atoms with Crippen LogP contribution in [-0.4, -0.2) is 19.8 Å². The van der Waals surface area contributed by atoms with Crippen LogP contribution >= 0.6 is 11.6 Å². The van der Waals surface area contributed by atoms with E-state index < -0.39 is 0 Å². The van der Waals surface area contributed by atoms with Gasteiger partial charge >= 0.3 is 0 Å². The average Bonchev–Trinajstić information content (AvgIpc) is 2.38. The highest BCUT2D eigenvalue weighted by Gasteiger charge is 2.14. The highest BCUT2D eigenvalue weighted by Crippen LogP contribution is 2.18. The Kier molecular flexibility index (Phi) is 4.84. The summed E-state index contributed by atoms with van der Waals surface area (Å²) >= 11 is 5.88. The first-order valence-electron chi connectivity index (χ1n) is 6.32. The maximum absolute atomic E-state index is 5.88. The summed E-state index contributed by atoms with van der Waals surface area (Å²) in [5.74, 6) is 0.763. The predicted molar refractivity (Wildman–Crippen MR) is 71.4 cm³/mol. The van der Waals surface area contributed by atoms with Gasteiger partial charge in [0.15, 0.2) is 0 Å². The van der Waals surface area contributed by atoms with Crippen molar-refractivity contribution in [1.29, 1.82) is 0 Å². The zero-order chi connectivity index (χ0) is 12.1. The highest BCUT2D eigenvalue weighted by atomic mass is 35.5. The summed E-state index contributed by atoms with van der Waals surface area (Å²) in [7, 11) is 0. The SMILES string of the molecule is CC(NCC1CCOCC1)c1ccc(Cl)cc1. The van der Waals surface area contributed by atoms with Gasteiger partial charge in [-0.3, -0.25) is 0 Å². The molecule has 0 amide bonds. The van der Waals surface area contributed by atoms with Crippen LogP contribution in [0.1, 0.15) is 31.4 Å². The van der Waals surface area contributed by atoms with E-state index >= 15 is 0 Å². The van der Waals surface area contributed by atoms with Crippen LogP contribution in [0, 0.1) is 5.92 Å². The van der Waals surface area contributed by atoms with E-state index in [1.54, 1.807) is 0 Å². The highest BCUT2D eigenvalue weighted by molar-refractivity contribution is 6.30. The molecule has 1 aromatic carbocycles. The zero-order valence-electron chi connectivity index (χ0n) is 10.3. The van der Waals surface area contributed by atoms with Crippen molar-refractivity contribution in [3.05, 3.63) is 34.9 Å². The topological polar surface area (TPSA) is 21.3 Å². The predicted octanol–water partition coefficient (Wildman–Crippen LogP) is 3.42. The number of benzene rings is 1. The Morgan fingerprint density at radius 1 is 1.29 bits per heavy atom. The summed E-state index contributed by atoms with van der Waals surface area (Å²) in [6, 6.07) is 8.45. The molecule has 1 aromatic rings. The minimum Gasteiger partial charge on any atom is -0.381 e. The Labute approximate surface area is 108 Å². The maximum Gasteiger partial charge on any atom is 0.0469 e. The monoisotopic (exact) mass is 253 g/mol. The van der Waals surface area contributed by atoms with E-state index in [1.807, 2.05) is 12.1 Å². The van der Waals surface area contributed by atoms with Gasteiger partial charge < -0.3 is 10.1 Å². The van der Waals surface area contributed by atoms with Gasteiger partial charge in [0.1, 0.15) is 0 Å². The molecule has 2 rings (SSSR count). The molecule has 0 spiro atoms. The molecule has 1 saturated heterocycles. The molecule has 0 saturated carbocycles. The zero-order valence-corrected chi connectivity index (χ0v) is 11.0. The van der Waals surface area contributed by atoms with E-state index in [4.69, 9.17) is 16.3 Å². The second-order valence-corrected chi connectivity index (χ2v) is 5.17. The standard InChI is InChI=1S/C14H20ClNO/c1-11(13-2-4-14(15)5-3-13)16-10-12-6-8-17-9-7-12/h2-5,11-12,16H,6-10H2,1H3. The molecular weight excluding hydrogens is 234 g/mol. The third-order valence-corrected chi connectivity index (χ3v) is 3.68. The quantitative estimate of drug-likeness (QED) is 0.888. The lowest BCUT2D eigenvalue weighted by Crippen LogP contribution is -2.29. The normalized spacial score (nSPS) is 19.2. The molecule has 17 heavy (non-hydrogen) atoms. The molecular formula is C14H20ClNO. The van der Waals surface area contributed by atoms with Crippen LogP contribution in [0.3, 0.4) is 0 Å². The number of ether oxygens (including phenoxy) is 1. The first kappa shape index (κ1) is 12.9. The van der Waals surface area contributed by atoms with Crippen molar-refractivity contribution in [3.8, 4) is 0 Å². The third-order valence-electron chi connectivity index (χ3n) is 3.42. The van der Waals surface area contributed by atoms with E-state index in [0.717, 1.165) is 30.7 Å². The summed E-state index contributed by atoms with van der Waals surface area (Å²) in [5.41, 5.74) is 1.29. The van der Waals surface area contributed by atoms with E-state index in [1.165, 1.54) is 18.4 Å².